The van der Waals surface area contributed by atoms with Gasteiger partial charge in [-0.3, -0.25) is 4.57 Å². The van der Waals surface area contributed by atoms with E-state index >= 15 is 0 Å². The number of hydrogen-bond acceptors (Lipinski definition) is 9. The molecule has 0 radical (unpaired) electrons. The average Bonchev–Trinajstić information content (AvgIpc) is 3.80. The summed E-state index contributed by atoms with van der Waals surface area (Å²) >= 11 is 6.07. The maximum Gasteiger partial charge on any atom is 0.508 e. The maximum atomic E-state index is 13.4. The zero-order valence-corrected chi connectivity index (χ0v) is 32.6. The third-order valence-corrected chi connectivity index (χ3v) is 15.2. The first kappa shape index (κ1) is 37.4. The molecule has 3 heterocycles. The highest BCUT2D eigenvalue weighted by Crippen LogP contribution is 2.67. The number of carbonyl (C=O) groups excluding carboxylic acids is 1. The van der Waals surface area contributed by atoms with Crippen molar-refractivity contribution in [2.24, 2.45) is 52.3 Å². The van der Waals surface area contributed by atoms with Gasteiger partial charge in [-0.2, -0.15) is 9.97 Å². The molecule has 0 aromatic carbocycles. The van der Waals surface area contributed by atoms with Gasteiger partial charge < -0.3 is 25.1 Å². The van der Waals surface area contributed by atoms with Gasteiger partial charge in [-0.05, 0) is 109 Å². The van der Waals surface area contributed by atoms with Crippen LogP contribution in [0.4, 0.5) is 10.6 Å². The van der Waals surface area contributed by atoms with E-state index < -0.39 is 30.7 Å². The van der Waals surface area contributed by atoms with E-state index in [0.29, 0.717) is 22.5 Å². The van der Waals surface area contributed by atoms with Crippen LogP contribution in [0.3, 0.4) is 0 Å². The summed E-state index contributed by atoms with van der Waals surface area (Å²) < 4.78 is 19.6. The topological polar surface area (TPSA) is 135 Å². The van der Waals surface area contributed by atoms with Gasteiger partial charge in [-0.25, -0.2) is 9.78 Å². The first-order valence-electron chi connectivity index (χ1n) is 19.7. The number of carbonyl (C=O) groups is 1. The third-order valence-electron chi connectivity index (χ3n) is 15.0. The lowest BCUT2D eigenvalue weighted by molar-refractivity contribution is -0.103. The quantitative estimate of drug-likeness (QED) is 0.112. The van der Waals surface area contributed by atoms with Gasteiger partial charge in [0.05, 0.1) is 12.9 Å². The molecule has 0 bridgehead atoms. The molecule has 3 saturated carbocycles. The molecule has 2 aromatic rings. The van der Waals surface area contributed by atoms with Gasteiger partial charge in [-0.1, -0.05) is 72.0 Å². The minimum atomic E-state index is -1.58. The van der Waals surface area contributed by atoms with Crippen LogP contribution in [0.25, 0.3) is 11.2 Å². The van der Waals surface area contributed by atoms with Gasteiger partial charge >= 0.3 is 6.16 Å². The molecule has 284 valence electrons. The molecule has 0 unspecified atom stereocenters. The Morgan fingerprint density at radius 2 is 1.92 bits per heavy atom. The van der Waals surface area contributed by atoms with E-state index in [-0.39, 0.29) is 29.0 Å². The number of anilines is 1. The van der Waals surface area contributed by atoms with E-state index in [1.165, 1.54) is 50.4 Å². The number of nitrogen functional groups attached to an aromatic ring is 1. The largest absolute Gasteiger partial charge is 0.508 e. The molecule has 0 amide bonds. The molecule has 3 N–H and O–H groups in total. The van der Waals surface area contributed by atoms with Crippen LogP contribution in [0, 0.1) is 64.6 Å². The lowest BCUT2D eigenvalue weighted by atomic mass is 9.47. The number of aliphatic hydroxyl groups is 1. The van der Waals surface area contributed by atoms with Crippen molar-refractivity contribution in [2.45, 2.75) is 136 Å². The molecule has 2 aromatic heterocycles. The van der Waals surface area contributed by atoms with Crippen LogP contribution >= 0.6 is 11.6 Å². The zero-order chi connectivity index (χ0) is 37.2. The fourth-order valence-electron chi connectivity index (χ4n) is 11.5. The molecular formula is C41H58ClN5O5. The van der Waals surface area contributed by atoms with Gasteiger partial charge in [0, 0.05) is 12.8 Å². The predicted octanol–water partition coefficient (Wildman–Crippen LogP) is 8.52. The maximum absolute atomic E-state index is 13.4. The lowest BCUT2D eigenvalue weighted by Crippen LogP contribution is -2.51. The van der Waals surface area contributed by atoms with E-state index in [1.54, 1.807) is 4.57 Å². The number of fused-ring (bicyclic) bond motifs is 6. The standard InChI is InChI=1S/C41H58ClN5O5/c1-8-41(21-48)32(20-33(52-41)47-22-44-34-35(43)45-37(42)46-36(34)47)51-38(49)50-27-15-17-39(6)26(19-27)11-12-28-30-14-13-29(40(30,7)18-16-31(28)39)25(5)10-9-24(4)23(2)3/h1,11,22-25,27-33,48H,9-10,12-21H2,2-7H3,(H2,43,45,46)/t24-,25-,27+,28+,29-,30+,31+,32+,33-,39+,40-,41-/m1/s1. The Labute approximate surface area is 314 Å². The Bertz CT molecular complexity index is 1740. The predicted molar refractivity (Wildman–Crippen MR) is 201 cm³/mol. The molecule has 7 rings (SSSR count). The molecule has 11 heteroatoms. The van der Waals surface area contributed by atoms with E-state index in [9.17, 15) is 9.90 Å². The summed E-state index contributed by atoms with van der Waals surface area (Å²) in [5.41, 5.74) is 7.13. The number of ether oxygens (including phenoxy) is 3. The summed E-state index contributed by atoms with van der Waals surface area (Å²) in [6.45, 7) is 14.3. The van der Waals surface area contributed by atoms with Crippen molar-refractivity contribution in [3.8, 4) is 12.3 Å². The summed E-state index contributed by atoms with van der Waals surface area (Å²) in [6, 6.07) is 0. The summed E-state index contributed by atoms with van der Waals surface area (Å²) in [5, 5.41) is 10.3. The second kappa shape index (κ2) is 14.1. The van der Waals surface area contributed by atoms with E-state index in [0.717, 1.165) is 61.2 Å². The average molecular weight is 736 g/mol. The second-order valence-corrected chi connectivity index (χ2v) is 18.1. The first-order chi connectivity index (χ1) is 24.7. The third kappa shape index (κ3) is 6.30. The molecule has 4 fully saturated rings. The van der Waals surface area contributed by atoms with E-state index in [2.05, 4.69) is 68.5 Å². The Morgan fingerprint density at radius 3 is 2.65 bits per heavy atom. The molecular weight excluding hydrogens is 678 g/mol. The van der Waals surface area contributed by atoms with Gasteiger partial charge in [0.15, 0.2) is 23.2 Å². The minimum Gasteiger partial charge on any atom is -0.431 e. The first-order valence-corrected chi connectivity index (χ1v) is 20.1. The van der Waals surface area contributed by atoms with Gasteiger partial charge in [0.1, 0.15) is 17.8 Å². The summed E-state index contributed by atoms with van der Waals surface area (Å²) in [5.74, 6) is 8.02. The van der Waals surface area contributed by atoms with Crippen molar-refractivity contribution in [3.63, 3.8) is 0 Å². The van der Waals surface area contributed by atoms with Gasteiger partial charge in [0.25, 0.3) is 0 Å². The van der Waals surface area contributed by atoms with Crippen molar-refractivity contribution in [2.75, 3.05) is 12.3 Å². The number of rotatable bonds is 9. The van der Waals surface area contributed by atoms with Crippen molar-refractivity contribution in [1.29, 1.82) is 0 Å². The zero-order valence-electron chi connectivity index (χ0n) is 31.8. The lowest BCUT2D eigenvalue weighted by Gasteiger charge is -2.58. The number of imidazole rings is 1. The van der Waals surface area contributed by atoms with Crippen LogP contribution in [-0.4, -0.2) is 55.2 Å². The van der Waals surface area contributed by atoms with Crippen LogP contribution in [0.1, 0.15) is 118 Å². The van der Waals surface area contributed by atoms with E-state index in [1.807, 2.05) is 0 Å². The van der Waals surface area contributed by atoms with Crippen molar-refractivity contribution in [3.05, 3.63) is 23.3 Å². The fraction of sp³-hybridized carbons (Fsp3) is 0.756. The molecule has 1 aliphatic heterocycles. The summed E-state index contributed by atoms with van der Waals surface area (Å²) in [4.78, 5) is 25.9. The number of aromatic nitrogens is 4. The summed E-state index contributed by atoms with van der Waals surface area (Å²) in [6.07, 6.45) is 18.9. The molecule has 10 nitrogen and oxygen atoms in total. The molecule has 5 aliphatic rings. The Kier molecular flexibility index (Phi) is 10.1. The highest BCUT2D eigenvalue weighted by atomic mass is 35.5. The van der Waals surface area contributed by atoms with Crippen LogP contribution in [0.15, 0.2) is 18.0 Å². The summed E-state index contributed by atoms with van der Waals surface area (Å²) in [7, 11) is 0. The van der Waals surface area contributed by atoms with Crippen molar-refractivity contribution >= 4 is 34.7 Å². The van der Waals surface area contributed by atoms with Crippen LogP contribution in [0.2, 0.25) is 5.28 Å². The molecule has 4 aliphatic carbocycles. The van der Waals surface area contributed by atoms with Crippen LogP contribution in [0.5, 0.6) is 0 Å². The van der Waals surface area contributed by atoms with E-state index in [4.69, 9.17) is 38.0 Å². The number of nitrogens with two attached hydrogens (primary N) is 1. The number of halogens is 1. The SMILES string of the molecule is C#C[C@]1(CO)O[C@@H](n2cnc3c(N)nc(Cl)nc32)C[C@@H]1OC(=O)O[C@H]1CC[C@@]2(C)C(=CC[C@H]3[C@@H]4CC[C@H]([C@H](C)CC[C@@H](C)C(C)C)[C@@]4(C)CC[C@@H]32)C1. The number of nitrogens with zero attached hydrogens (tertiary/aromatic N) is 4. The normalized spacial score (nSPS) is 38.2. The Hall–Kier alpha value is -2.87. The smallest absolute Gasteiger partial charge is 0.431 e. The molecule has 12 atom stereocenters. The van der Waals surface area contributed by atoms with Crippen LogP contribution in [-0.2, 0) is 14.2 Å². The van der Waals surface area contributed by atoms with Gasteiger partial charge in [-0.15, -0.1) is 6.42 Å². The number of aliphatic hydroxyl groups excluding tert-OH is 1. The van der Waals surface area contributed by atoms with Crippen molar-refractivity contribution in [1.82, 2.24) is 19.5 Å². The number of terminal acetylenes is 1. The van der Waals surface area contributed by atoms with Crippen molar-refractivity contribution < 1.29 is 24.1 Å². The Balaban J connectivity index is 0.990. The fourth-order valence-corrected chi connectivity index (χ4v) is 11.7. The highest BCUT2D eigenvalue weighted by Gasteiger charge is 2.59. The monoisotopic (exact) mass is 735 g/mol. The van der Waals surface area contributed by atoms with Crippen LogP contribution < -0.4 is 5.73 Å². The molecule has 0 spiro atoms. The van der Waals surface area contributed by atoms with Gasteiger partial charge in [0.2, 0.25) is 5.28 Å². The number of allylic oxidation sites excluding steroid dienone is 1. The number of hydrogen-bond donors (Lipinski definition) is 2. The highest BCUT2D eigenvalue weighted by molar-refractivity contribution is 6.28. The second-order valence-electron chi connectivity index (χ2n) is 17.8. The molecule has 52 heavy (non-hydrogen) atoms. The molecule has 1 saturated heterocycles. The minimum absolute atomic E-state index is 0.0416. The Morgan fingerprint density at radius 1 is 1.13 bits per heavy atom.